The SMILES string of the molecule is CCN(CCCS(=O)(=O)O)c1ccc2c(c1)OC1=CC(N(CC)CCCS(=O)(=O)O)C=CC1C21OC(=O)c2c(C(=O)NCCCCCC(=O)ON3C(=O)CCC3=O)cccc21. The third-order valence-electron chi connectivity index (χ3n) is 11.1. The number of anilines is 1. The van der Waals surface area contributed by atoms with Gasteiger partial charge in [-0.05, 0) is 63.4 Å². The van der Waals surface area contributed by atoms with Gasteiger partial charge in [0.2, 0.25) is 0 Å². The van der Waals surface area contributed by atoms with Crippen LogP contribution in [0.2, 0.25) is 0 Å². The van der Waals surface area contributed by atoms with Gasteiger partial charge < -0.3 is 24.5 Å². The van der Waals surface area contributed by atoms with Crippen LogP contribution in [0.3, 0.4) is 0 Å². The topological polar surface area (TPSA) is 244 Å². The van der Waals surface area contributed by atoms with E-state index in [1.165, 1.54) is 6.07 Å². The molecule has 0 bridgehead atoms. The fourth-order valence-electron chi connectivity index (χ4n) is 8.20. The van der Waals surface area contributed by atoms with Crippen molar-refractivity contribution < 1.29 is 64.2 Å². The molecule has 61 heavy (non-hydrogen) atoms. The molecule has 330 valence electrons. The zero-order chi connectivity index (χ0) is 44.1. The minimum absolute atomic E-state index is 0.00128. The molecule has 3 heterocycles. The normalized spacial score (nSPS) is 20.5. The average Bonchev–Trinajstić information content (AvgIpc) is 3.69. The highest BCUT2D eigenvalue weighted by atomic mass is 32.2. The highest BCUT2D eigenvalue weighted by Gasteiger charge is 2.58. The Bertz CT molecular complexity index is 2330. The van der Waals surface area contributed by atoms with E-state index in [0.717, 1.165) is 0 Å². The van der Waals surface area contributed by atoms with Crippen molar-refractivity contribution in [2.75, 3.05) is 49.1 Å². The number of carbonyl (C=O) groups is 5. The van der Waals surface area contributed by atoms with Gasteiger partial charge in [0.15, 0.2) is 5.60 Å². The Morgan fingerprint density at radius 2 is 1.59 bits per heavy atom. The van der Waals surface area contributed by atoms with E-state index in [2.05, 4.69) is 5.32 Å². The molecule has 20 heteroatoms. The van der Waals surface area contributed by atoms with E-state index >= 15 is 0 Å². The minimum Gasteiger partial charge on any atom is -0.461 e. The van der Waals surface area contributed by atoms with Crippen LogP contribution < -0.4 is 15.0 Å². The van der Waals surface area contributed by atoms with Crippen molar-refractivity contribution in [3.05, 3.63) is 82.6 Å². The van der Waals surface area contributed by atoms with E-state index in [0.29, 0.717) is 78.8 Å². The second kappa shape index (κ2) is 18.9. The highest BCUT2D eigenvalue weighted by Crippen LogP contribution is 2.57. The summed E-state index contributed by atoms with van der Waals surface area (Å²) in [4.78, 5) is 72.2. The predicted molar refractivity (Wildman–Crippen MR) is 219 cm³/mol. The number of unbranched alkanes of at least 4 members (excludes halogenated alkanes) is 2. The summed E-state index contributed by atoms with van der Waals surface area (Å²) < 4.78 is 77.4. The van der Waals surface area contributed by atoms with Crippen LogP contribution in [0.25, 0.3) is 0 Å². The number of hydrogen-bond acceptors (Lipinski definition) is 14. The fourth-order valence-corrected chi connectivity index (χ4v) is 9.19. The van der Waals surface area contributed by atoms with Gasteiger partial charge in [0.25, 0.3) is 38.0 Å². The number of rotatable bonds is 20. The van der Waals surface area contributed by atoms with Gasteiger partial charge in [0.05, 0.1) is 28.6 Å². The summed E-state index contributed by atoms with van der Waals surface area (Å²) in [5.41, 5.74) is 0.337. The molecule has 2 aromatic rings. The molecule has 1 aliphatic carbocycles. The smallest absolute Gasteiger partial charge is 0.340 e. The van der Waals surface area contributed by atoms with Gasteiger partial charge in [-0.1, -0.05) is 37.6 Å². The fraction of sp³-hybridized carbons (Fsp3) is 0.488. The van der Waals surface area contributed by atoms with E-state index in [4.69, 9.17) is 14.3 Å². The molecule has 3 aliphatic heterocycles. The number of likely N-dealkylation sites (N-methyl/N-ethyl adjacent to an activating group) is 1. The number of nitrogens with one attached hydrogen (secondary N) is 1. The van der Waals surface area contributed by atoms with Gasteiger partial charge in [0, 0.05) is 74.4 Å². The number of benzene rings is 2. The Balaban J connectivity index is 1.25. The Labute approximate surface area is 354 Å². The van der Waals surface area contributed by atoms with Crippen LogP contribution in [0.4, 0.5) is 5.69 Å². The van der Waals surface area contributed by atoms with Gasteiger partial charge >= 0.3 is 11.9 Å². The molecule has 6 rings (SSSR count). The summed E-state index contributed by atoms with van der Waals surface area (Å²) in [7, 11) is -8.32. The lowest BCUT2D eigenvalue weighted by Crippen LogP contribution is -2.45. The molecule has 1 spiro atoms. The number of ether oxygens (including phenoxy) is 2. The molecule has 1 saturated heterocycles. The van der Waals surface area contributed by atoms with E-state index < -0.39 is 72.9 Å². The highest BCUT2D eigenvalue weighted by molar-refractivity contribution is 7.86. The van der Waals surface area contributed by atoms with Gasteiger partial charge in [-0.3, -0.25) is 28.4 Å². The van der Waals surface area contributed by atoms with Crippen LogP contribution in [0.1, 0.15) is 97.1 Å². The lowest BCUT2D eigenvalue weighted by atomic mass is 9.71. The molecule has 3 amide bonds. The zero-order valence-electron chi connectivity index (χ0n) is 33.9. The molecular formula is C41H50N4O14S2. The molecule has 1 fully saturated rings. The van der Waals surface area contributed by atoms with Gasteiger partial charge in [-0.2, -0.15) is 16.8 Å². The molecule has 3 N–H and O–H groups in total. The Morgan fingerprint density at radius 1 is 0.885 bits per heavy atom. The first-order valence-electron chi connectivity index (χ1n) is 20.3. The van der Waals surface area contributed by atoms with Crippen molar-refractivity contribution in [3.63, 3.8) is 0 Å². The van der Waals surface area contributed by atoms with Crippen LogP contribution in [-0.4, -0.2) is 116 Å². The Hall–Kier alpha value is -5.15. The summed E-state index contributed by atoms with van der Waals surface area (Å²) in [6.45, 7) is 5.70. The first-order valence-corrected chi connectivity index (χ1v) is 23.5. The van der Waals surface area contributed by atoms with Crippen LogP contribution >= 0.6 is 0 Å². The van der Waals surface area contributed by atoms with Crippen molar-refractivity contribution >= 4 is 55.6 Å². The Morgan fingerprint density at radius 3 is 2.26 bits per heavy atom. The number of fused-ring (bicyclic) bond motifs is 6. The molecule has 3 atom stereocenters. The van der Waals surface area contributed by atoms with Crippen LogP contribution in [0.15, 0.2) is 60.4 Å². The number of imide groups is 1. The van der Waals surface area contributed by atoms with Crippen molar-refractivity contribution in [1.29, 1.82) is 0 Å². The number of amides is 3. The summed E-state index contributed by atoms with van der Waals surface area (Å²) in [5.74, 6) is -3.76. The third-order valence-corrected chi connectivity index (χ3v) is 12.7. The molecular weight excluding hydrogens is 837 g/mol. The average molecular weight is 887 g/mol. The predicted octanol–water partition coefficient (Wildman–Crippen LogP) is 3.53. The number of hydrogen-bond donors (Lipinski definition) is 3. The number of hydroxylamine groups is 2. The van der Waals surface area contributed by atoms with Crippen molar-refractivity contribution in [2.24, 2.45) is 5.92 Å². The maximum absolute atomic E-state index is 14.1. The number of esters is 1. The van der Waals surface area contributed by atoms with E-state index in [1.807, 2.05) is 47.9 Å². The number of nitrogens with zero attached hydrogens (tertiary/aromatic N) is 3. The van der Waals surface area contributed by atoms with Crippen LogP contribution in [-0.2, 0) is 49.8 Å². The van der Waals surface area contributed by atoms with Crippen LogP contribution in [0.5, 0.6) is 5.75 Å². The van der Waals surface area contributed by atoms with Gasteiger partial charge in [-0.15, -0.1) is 5.06 Å². The second-order valence-corrected chi connectivity index (χ2v) is 18.3. The maximum atomic E-state index is 14.1. The summed E-state index contributed by atoms with van der Waals surface area (Å²) >= 11 is 0. The zero-order valence-corrected chi connectivity index (χ0v) is 35.5. The second-order valence-electron chi connectivity index (χ2n) is 15.2. The minimum atomic E-state index is -4.17. The molecule has 2 aromatic carbocycles. The summed E-state index contributed by atoms with van der Waals surface area (Å²) in [5, 5.41) is 3.35. The number of carbonyl (C=O) groups excluding carboxylic acids is 5. The molecule has 18 nitrogen and oxygen atoms in total. The van der Waals surface area contributed by atoms with Crippen LogP contribution in [0, 0.1) is 5.92 Å². The Kier molecular flexibility index (Phi) is 14.0. The molecule has 0 aromatic heterocycles. The molecule has 0 saturated carbocycles. The lowest BCUT2D eigenvalue weighted by Gasteiger charge is -2.44. The van der Waals surface area contributed by atoms with Gasteiger partial charge in [-0.25, -0.2) is 9.59 Å². The van der Waals surface area contributed by atoms with Gasteiger partial charge in [0.1, 0.15) is 11.5 Å². The first-order chi connectivity index (χ1) is 29.0. The van der Waals surface area contributed by atoms with E-state index in [9.17, 15) is 49.9 Å². The maximum Gasteiger partial charge on any atom is 0.340 e. The summed E-state index contributed by atoms with van der Waals surface area (Å²) in [6.07, 6.45) is 7.36. The van der Waals surface area contributed by atoms with E-state index in [1.54, 1.807) is 24.3 Å². The standard InChI is InChI=1S/C41H50N4O14S2/c1-3-43(21-9-23-60(51,52)53)27-14-16-30-33(25-27)57-34-26-28(44(4-2)22-10-24-61(54,55)56)15-17-31(34)41(30)32-12-8-11-29(38(32)40(50)58-41)39(49)42-20-7-5-6-13-37(48)59-45-35(46)18-19-36(45)47/h8,11-12,14-17,25-27,30H,3-7,9-10,13,18-24H2,1-2H3,(H,42,49)(H,51,52,53)(H,54,55,56). The van der Waals surface area contributed by atoms with Crippen molar-refractivity contribution in [2.45, 2.75) is 76.9 Å². The molecule has 0 radical (unpaired) electrons. The molecule has 4 aliphatic rings. The quantitative estimate of drug-likeness (QED) is 0.0566. The largest absolute Gasteiger partial charge is 0.461 e. The van der Waals surface area contributed by atoms with Crippen molar-refractivity contribution in [3.8, 4) is 5.75 Å². The summed E-state index contributed by atoms with van der Waals surface area (Å²) in [6, 6.07) is 9.96. The molecule has 3 unspecified atom stereocenters. The van der Waals surface area contributed by atoms with Crippen molar-refractivity contribution in [1.82, 2.24) is 15.3 Å². The van der Waals surface area contributed by atoms with E-state index in [-0.39, 0.29) is 55.8 Å². The lowest BCUT2D eigenvalue weighted by molar-refractivity contribution is -0.197. The third kappa shape index (κ3) is 10.3. The first kappa shape index (κ1) is 45.4. The monoisotopic (exact) mass is 886 g/mol.